The van der Waals surface area contributed by atoms with Crippen molar-refractivity contribution in [1.29, 1.82) is 0 Å². The van der Waals surface area contributed by atoms with E-state index < -0.39 is 0 Å². The summed E-state index contributed by atoms with van der Waals surface area (Å²) >= 11 is 5.94. The van der Waals surface area contributed by atoms with E-state index in [2.05, 4.69) is 83.5 Å². The predicted octanol–water partition coefficient (Wildman–Crippen LogP) is 6.27. The molecule has 0 spiro atoms. The molecule has 29 heavy (non-hydrogen) atoms. The van der Waals surface area contributed by atoms with E-state index in [0.29, 0.717) is 6.04 Å². The molecule has 1 aliphatic rings. The second-order valence-corrected chi connectivity index (χ2v) is 8.57. The number of rotatable bonds is 5. The van der Waals surface area contributed by atoms with Crippen LogP contribution in [0.4, 0.5) is 5.69 Å². The zero-order valence-corrected chi connectivity index (χ0v) is 18.3. The summed E-state index contributed by atoms with van der Waals surface area (Å²) in [5.41, 5.74) is 5.05. The molecule has 1 N–H and O–H groups in total. The molecule has 0 bridgehead atoms. The maximum absolute atomic E-state index is 5.94. The van der Waals surface area contributed by atoms with E-state index >= 15 is 0 Å². The Bertz CT molecular complexity index is 967. The van der Waals surface area contributed by atoms with Crippen LogP contribution < -0.4 is 5.32 Å². The Hall–Kier alpha value is -2.33. The third kappa shape index (κ3) is 4.48. The smallest absolute Gasteiger partial charge is 0.173 e. The van der Waals surface area contributed by atoms with Crippen LogP contribution in [0.25, 0.3) is 10.9 Å². The minimum absolute atomic E-state index is 0.512. The first-order valence-electron chi connectivity index (χ1n) is 10.8. The van der Waals surface area contributed by atoms with Crippen LogP contribution in [-0.2, 0) is 20.0 Å². The van der Waals surface area contributed by atoms with Gasteiger partial charge in [-0.05, 0) is 60.8 Å². The number of anilines is 1. The summed E-state index contributed by atoms with van der Waals surface area (Å²) in [5.74, 6) is 0. The van der Waals surface area contributed by atoms with Crippen LogP contribution in [0.15, 0.2) is 54.7 Å². The van der Waals surface area contributed by atoms with Crippen molar-refractivity contribution in [2.75, 3.05) is 5.32 Å². The fourth-order valence-corrected chi connectivity index (χ4v) is 4.85. The summed E-state index contributed by atoms with van der Waals surface area (Å²) in [6.07, 6.45) is 9.70. The molecule has 1 fully saturated rings. The van der Waals surface area contributed by atoms with Crippen molar-refractivity contribution in [3.05, 3.63) is 65.9 Å². The molecule has 0 amide bonds. The zero-order chi connectivity index (χ0) is 20.2. The average Bonchev–Trinajstić information content (AvgIpc) is 3.09. The number of aryl methyl sites for hydroxylation is 2. The van der Waals surface area contributed by atoms with Crippen LogP contribution in [0.2, 0.25) is 0 Å². The Balaban J connectivity index is 1.59. The van der Waals surface area contributed by atoms with Gasteiger partial charge in [-0.15, -0.1) is 0 Å². The second kappa shape index (κ2) is 9.00. The number of hydrogen-bond donors (Lipinski definition) is 1. The molecule has 152 valence electrons. The highest BCUT2D eigenvalue weighted by Gasteiger charge is 2.24. The topological polar surface area (TPSA) is 20.2 Å². The van der Waals surface area contributed by atoms with Gasteiger partial charge in [0, 0.05) is 42.4 Å². The SMILES string of the molecule is CCc1ccc(NC(=S)N(Cc2cn(C)c3ccccc23)C2CCCCC2)cc1. The van der Waals surface area contributed by atoms with Gasteiger partial charge in [0.25, 0.3) is 0 Å². The van der Waals surface area contributed by atoms with Crippen LogP contribution >= 0.6 is 12.2 Å². The van der Waals surface area contributed by atoms with Crippen molar-refractivity contribution < 1.29 is 0 Å². The highest BCUT2D eigenvalue weighted by molar-refractivity contribution is 7.80. The third-order valence-corrected chi connectivity index (χ3v) is 6.55. The molecule has 1 aliphatic carbocycles. The molecule has 0 aliphatic heterocycles. The fourth-order valence-electron chi connectivity index (χ4n) is 4.51. The molecule has 3 nitrogen and oxygen atoms in total. The third-order valence-electron chi connectivity index (χ3n) is 6.21. The number of fused-ring (bicyclic) bond motifs is 1. The Kier molecular flexibility index (Phi) is 6.19. The summed E-state index contributed by atoms with van der Waals surface area (Å²) in [6, 6.07) is 17.8. The first-order chi connectivity index (χ1) is 14.2. The Morgan fingerprint density at radius 2 is 1.79 bits per heavy atom. The van der Waals surface area contributed by atoms with Gasteiger partial charge in [-0.25, -0.2) is 0 Å². The lowest BCUT2D eigenvalue weighted by atomic mass is 9.94. The van der Waals surface area contributed by atoms with Crippen molar-refractivity contribution in [1.82, 2.24) is 9.47 Å². The van der Waals surface area contributed by atoms with Crippen LogP contribution in [-0.4, -0.2) is 20.6 Å². The molecule has 0 atom stereocenters. The zero-order valence-electron chi connectivity index (χ0n) is 17.5. The number of nitrogens with zero attached hydrogens (tertiary/aromatic N) is 2. The number of thiocarbonyl (C=S) groups is 1. The molecule has 4 heteroatoms. The van der Waals surface area contributed by atoms with Gasteiger partial charge in [0.1, 0.15) is 0 Å². The Labute approximate surface area is 179 Å². The number of aromatic nitrogens is 1. The van der Waals surface area contributed by atoms with Crippen molar-refractivity contribution in [2.24, 2.45) is 7.05 Å². The minimum atomic E-state index is 0.512. The molecule has 0 saturated heterocycles. The summed E-state index contributed by atoms with van der Waals surface area (Å²) in [6.45, 7) is 3.03. The molecule has 4 rings (SSSR count). The van der Waals surface area contributed by atoms with Gasteiger partial charge in [-0.2, -0.15) is 0 Å². The van der Waals surface area contributed by atoms with E-state index in [1.54, 1.807) is 0 Å². The van der Waals surface area contributed by atoms with Crippen LogP contribution in [0.1, 0.15) is 50.2 Å². The van der Waals surface area contributed by atoms with Crippen LogP contribution in [0.3, 0.4) is 0 Å². The number of benzene rings is 2. The maximum atomic E-state index is 5.94. The lowest BCUT2D eigenvalue weighted by Gasteiger charge is -2.36. The normalized spacial score (nSPS) is 14.8. The molecule has 0 radical (unpaired) electrons. The van der Waals surface area contributed by atoms with Gasteiger partial charge in [0.2, 0.25) is 0 Å². The van der Waals surface area contributed by atoms with Crippen LogP contribution in [0.5, 0.6) is 0 Å². The van der Waals surface area contributed by atoms with Gasteiger partial charge in [-0.1, -0.05) is 56.5 Å². The first-order valence-corrected chi connectivity index (χ1v) is 11.3. The fraction of sp³-hybridized carbons (Fsp3) is 0.400. The molecule has 1 heterocycles. The molecule has 1 aromatic heterocycles. The highest BCUT2D eigenvalue weighted by atomic mass is 32.1. The van der Waals surface area contributed by atoms with E-state index in [1.165, 1.54) is 54.1 Å². The van der Waals surface area contributed by atoms with Crippen molar-refractivity contribution in [3.8, 4) is 0 Å². The second-order valence-electron chi connectivity index (χ2n) is 8.18. The summed E-state index contributed by atoms with van der Waals surface area (Å²) in [5, 5.41) is 5.68. The summed E-state index contributed by atoms with van der Waals surface area (Å²) in [4.78, 5) is 2.43. The molecule has 3 aromatic rings. The van der Waals surface area contributed by atoms with Crippen molar-refractivity contribution in [2.45, 2.75) is 58.0 Å². The molecule has 1 saturated carbocycles. The molecule has 0 unspecified atom stereocenters. The predicted molar refractivity (Wildman–Crippen MR) is 127 cm³/mol. The van der Waals surface area contributed by atoms with E-state index in [9.17, 15) is 0 Å². The number of para-hydroxylation sites is 1. The standard InChI is InChI=1S/C25H31N3S/c1-3-19-13-15-21(16-14-19)26-25(29)28(22-9-5-4-6-10-22)18-20-17-27(2)24-12-8-7-11-23(20)24/h7-8,11-17,22H,3-6,9-10,18H2,1-2H3,(H,26,29). The number of hydrogen-bond acceptors (Lipinski definition) is 1. The highest BCUT2D eigenvalue weighted by Crippen LogP contribution is 2.28. The molecular weight excluding hydrogens is 374 g/mol. The van der Waals surface area contributed by atoms with E-state index in [4.69, 9.17) is 12.2 Å². The van der Waals surface area contributed by atoms with E-state index in [-0.39, 0.29) is 0 Å². The maximum Gasteiger partial charge on any atom is 0.173 e. The Morgan fingerprint density at radius 1 is 1.07 bits per heavy atom. The van der Waals surface area contributed by atoms with Crippen LogP contribution in [0, 0.1) is 0 Å². The van der Waals surface area contributed by atoms with Crippen molar-refractivity contribution in [3.63, 3.8) is 0 Å². The van der Waals surface area contributed by atoms with E-state index in [0.717, 1.165) is 23.8 Å². The summed E-state index contributed by atoms with van der Waals surface area (Å²) in [7, 11) is 2.13. The largest absolute Gasteiger partial charge is 0.350 e. The van der Waals surface area contributed by atoms with Gasteiger partial charge in [-0.3, -0.25) is 0 Å². The number of nitrogens with one attached hydrogen (secondary N) is 1. The van der Waals surface area contributed by atoms with Gasteiger partial charge >= 0.3 is 0 Å². The lowest BCUT2D eigenvalue weighted by molar-refractivity contribution is 0.241. The minimum Gasteiger partial charge on any atom is -0.350 e. The van der Waals surface area contributed by atoms with Gasteiger partial charge < -0.3 is 14.8 Å². The Morgan fingerprint density at radius 3 is 2.52 bits per heavy atom. The molecular formula is C25H31N3S. The first kappa shape index (κ1) is 20.0. The van der Waals surface area contributed by atoms with Crippen molar-refractivity contribution >= 4 is 33.9 Å². The lowest BCUT2D eigenvalue weighted by Crippen LogP contribution is -2.43. The average molecular weight is 406 g/mol. The van der Waals surface area contributed by atoms with Gasteiger partial charge in [0.15, 0.2) is 5.11 Å². The monoisotopic (exact) mass is 405 g/mol. The summed E-state index contributed by atoms with van der Waals surface area (Å²) < 4.78 is 2.23. The van der Waals surface area contributed by atoms with Gasteiger partial charge in [0.05, 0.1) is 0 Å². The quantitative estimate of drug-likeness (QED) is 0.505. The molecule has 2 aromatic carbocycles. The van der Waals surface area contributed by atoms with E-state index in [1.807, 2.05) is 0 Å².